The maximum absolute atomic E-state index is 13.0. The maximum Gasteiger partial charge on any atom is 0.244 e. The second kappa shape index (κ2) is 7.96. The van der Waals surface area contributed by atoms with Crippen LogP contribution in [-0.2, 0) is 11.3 Å². The van der Waals surface area contributed by atoms with Gasteiger partial charge in [0.25, 0.3) is 0 Å². The second-order valence-electron chi connectivity index (χ2n) is 7.40. The van der Waals surface area contributed by atoms with Crippen LogP contribution < -0.4 is 14.8 Å². The first-order valence-corrected chi connectivity index (χ1v) is 10.4. The van der Waals surface area contributed by atoms with Crippen molar-refractivity contribution in [3.8, 4) is 22.8 Å². The molecule has 5 rings (SSSR count). The number of amides is 1. The lowest BCUT2D eigenvalue weighted by atomic mass is 10.1. The van der Waals surface area contributed by atoms with Crippen LogP contribution in [0.4, 0.5) is 0 Å². The molecule has 2 heterocycles. The van der Waals surface area contributed by atoms with E-state index in [4.69, 9.17) is 26.2 Å². The number of benzene rings is 3. The quantitative estimate of drug-likeness (QED) is 0.483. The highest BCUT2D eigenvalue weighted by Crippen LogP contribution is 2.33. The van der Waals surface area contributed by atoms with E-state index in [9.17, 15) is 4.79 Å². The summed E-state index contributed by atoms with van der Waals surface area (Å²) in [6, 6.07) is 20.6. The summed E-state index contributed by atoms with van der Waals surface area (Å²) in [7, 11) is 0. The van der Waals surface area contributed by atoms with Gasteiger partial charge in [-0.05, 0) is 42.8 Å². The fourth-order valence-corrected chi connectivity index (χ4v) is 3.89. The van der Waals surface area contributed by atoms with Gasteiger partial charge in [-0.25, -0.2) is 0 Å². The Labute approximate surface area is 184 Å². The van der Waals surface area contributed by atoms with Crippen molar-refractivity contribution in [1.82, 2.24) is 15.1 Å². The first-order valence-electron chi connectivity index (χ1n) is 9.99. The largest absolute Gasteiger partial charge is 0.454 e. The highest BCUT2D eigenvalue weighted by atomic mass is 35.5. The SMILES string of the molecule is C[C@H](C(=O)NCc1ccc2c(c1)OCO2)n1nc(-c2ccccc2)c2cc(Cl)ccc21. The van der Waals surface area contributed by atoms with Crippen LogP contribution in [0.25, 0.3) is 22.2 Å². The van der Waals surface area contributed by atoms with Crippen LogP contribution in [0.5, 0.6) is 11.5 Å². The molecular weight excluding hydrogens is 414 g/mol. The van der Waals surface area contributed by atoms with Crippen molar-refractivity contribution in [1.29, 1.82) is 0 Å². The number of halogens is 1. The number of hydrogen-bond acceptors (Lipinski definition) is 4. The third-order valence-electron chi connectivity index (χ3n) is 5.37. The van der Waals surface area contributed by atoms with Gasteiger partial charge in [-0.2, -0.15) is 5.10 Å². The van der Waals surface area contributed by atoms with Crippen LogP contribution in [0.15, 0.2) is 66.7 Å². The van der Waals surface area contributed by atoms with Gasteiger partial charge in [0, 0.05) is 22.5 Å². The summed E-state index contributed by atoms with van der Waals surface area (Å²) in [5.41, 5.74) is 3.57. The number of fused-ring (bicyclic) bond motifs is 2. The van der Waals surface area contributed by atoms with Crippen LogP contribution in [0.1, 0.15) is 18.5 Å². The van der Waals surface area contributed by atoms with E-state index in [1.807, 2.05) is 73.7 Å². The smallest absolute Gasteiger partial charge is 0.244 e. The molecule has 0 fully saturated rings. The molecule has 6 nitrogen and oxygen atoms in total. The molecule has 7 heteroatoms. The lowest BCUT2D eigenvalue weighted by molar-refractivity contribution is -0.124. The number of hydrogen-bond donors (Lipinski definition) is 1. The first kappa shape index (κ1) is 19.5. The highest BCUT2D eigenvalue weighted by molar-refractivity contribution is 6.31. The van der Waals surface area contributed by atoms with Crippen molar-refractivity contribution in [2.75, 3.05) is 6.79 Å². The van der Waals surface area contributed by atoms with E-state index in [2.05, 4.69) is 5.32 Å². The van der Waals surface area contributed by atoms with Gasteiger partial charge < -0.3 is 14.8 Å². The number of nitrogens with one attached hydrogen (secondary N) is 1. The van der Waals surface area contributed by atoms with Gasteiger partial charge in [0.1, 0.15) is 11.7 Å². The Morgan fingerprint density at radius 3 is 2.74 bits per heavy atom. The predicted octanol–water partition coefficient (Wildman–Crippen LogP) is 4.96. The number of carbonyl (C=O) groups is 1. The van der Waals surface area contributed by atoms with E-state index in [0.717, 1.165) is 33.5 Å². The molecule has 3 aromatic carbocycles. The van der Waals surface area contributed by atoms with Gasteiger partial charge in [0.05, 0.1) is 5.52 Å². The van der Waals surface area contributed by atoms with Crippen LogP contribution >= 0.6 is 11.6 Å². The zero-order valence-electron chi connectivity index (χ0n) is 16.8. The molecule has 1 aromatic heterocycles. The Hall–Kier alpha value is -3.51. The fraction of sp³-hybridized carbons (Fsp3) is 0.167. The Bertz CT molecular complexity index is 1270. The zero-order valence-corrected chi connectivity index (χ0v) is 17.6. The minimum Gasteiger partial charge on any atom is -0.454 e. The topological polar surface area (TPSA) is 65.4 Å². The third kappa shape index (κ3) is 3.70. The molecule has 1 N–H and O–H groups in total. The van der Waals surface area contributed by atoms with Gasteiger partial charge in [0.15, 0.2) is 11.5 Å². The van der Waals surface area contributed by atoms with Crippen molar-refractivity contribution >= 4 is 28.4 Å². The molecule has 0 saturated carbocycles. The van der Waals surface area contributed by atoms with E-state index in [-0.39, 0.29) is 12.7 Å². The van der Waals surface area contributed by atoms with E-state index >= 15 is 0 Å². The minimum atomic E-state index is -0.504. The average Bonchev–Trinajstić information content (AvgIpc) is 3.41. The monoisotopic (exact) mass is 433 g/mol. The normalized spacial score (nSPS) is 13.4. The Morgan fingerprint density at radius 1 is 1.10 bits per heavy atom. The molecule has 0 aliphatic carbocycles. The Kier molecular flexibility index (Phi) is 5.00. The van der Waals surface area contributed by atoms with Gasteiger partial charge in [-0.3, -0.25) is 9.48 Å². The molecule has 156 valence electrons. The van der Waals surface area contributed by atoms with Crippen molar-refractivity contribution in [2.24, 2.45) is 0 Å². The summed E-state index contributed by atoms with van der Waals surface area (Å²) in [6.45, 7) is 2.45. The van der Waals surface area contributed by atoms with E-state index in [1.54, 1.807) is 4.68 Å². The minimum absolute atomic E-state index is 0.128. The molecule has 0 unspecified atom stereocenters. The standard InChI is InChI=1S/C24H20ClN3O3/c1-15(24(29)26-13-16-7-10-21-22(11-16)31-14-30-21)28-20-9-8-18(25)12-19(20)23(27-28)17-5-3-2-4-6-17/h2-12,15H,13-14H2,1H3,(H,26,29)/t15-/m1/s1. The number of nitrogens with zero attached hydrogens (tertiary/aromatic N) is 2. The second-order valence-corrected chi connectivity index (χ2v) is 7.84. The van der Waals surface area contributed by atoms with E-state index in [0.29, 0.717) is 17.3 Å². The summed E-state index contributed by atoms with van der Waals surface area (Å²) in [5, 5.41) is 9.32. The lowest BCUT2D eigenvalue weighted by Crippen LogP contribution is -2.31. The summed E-state index contributed by atoms with van der Waals surface area (Å²) in [4.78, 5) is 13.0. The molecular formula is C24H20ClN3O3. The zero-order chi connectivity index (χ0) is 21.4. The molecule has 0 radical (unpaired) electrons. The molecule has 0 saturated heterocycles. The first-order chi connectivity index (χ1) is 15.1. The van der Waals surface area contributed by atoms with E-state index < -0.39 is 6.04 Å². The highest BCUT2D eigenvalue weighted by Gasteiger charge is 2.22. The number of rotatable bonds is 5. The van der Waals surface area contributed by atoms with Gasteiger partial charge >= 0.3 is 0 Å². The van der Waals surface area contributed by atoms with Gasteiger partial charge in [-0.15, -0.1) is 0 Å². The number of aromatic nitrogens is 2. The molecule has 1 atom stereocenters. The van der Waals surface area contributed by atoms with Crippen LogP contribution in [-0.4, -0.2) is 22.5 Å². The average molecular weight is 434 g/mol. The molecule has 31 heavy (non-hydrogen) atoms. The summed E-state index contributed by atoms with van der Waals surface area (Å²) in [5.74, 6) is 1.29. The Balaban J connectivity index is 1.41. The van der Waals surface area contributed by atoms with Crippen molar-refractivity contribution in [3.63, 3.8) is 0 Å². The molecule has 1 amide bonds. The van der Waals surface area contributed by atoms with Crippen molar-refractivity contribution in [3.05, 3.63) is 77.3 Å². The van der Waals surface area contributed by atoms with Crippen LogP contribution in [0.2, 0.25) is 5.02 Å². The van der Waals surface area contributed by atoms with E-state index in [1.165, 1.54) is 0 Å². The summed E-state index contributed by atoms with van der Waals surface area (Å²) in [6.07, 6.45) is 0. The third-order valence-corrected chi connectivity index (χ3v) is 5.60. The molecule has 1 aliphatic heterocycles. The summed E-state index contributed by atoms with van der Waals surface area (Å²) >= 11 is 6.25. The van der Waals surface area contributed by atoms with Crippen LogP contribution in [0, 0.1) is 0 Å². The number of ether oxygens (including phenoxy) is 2. The number of carbonyl (C=O) groups excluding carboxylic acids is 1. The fourth-order valence-electron chi connectivity index (χ4n) is 3.72. The summed E-state index contributed by atoms with van der Waals surface area (Å²) < 4.78 is 12.5. The van der Waals surface area contributed by atoms with Crippen molar-refractivity contribution < 1.29 is 14.3 Å². The molecule has 0 spiro atoms. The van der Waals surface area contributed by atoms with Crippen molar-refractivity contribution in [2.45, 2.75) is 19.5 Å². The molecule has 1 aliphatic rings. The van der Waals surface area contributed by atoms with Gasteiger partial charge in [-0.1, -0.05) is 48.0 Å². The molecule has 4 aromatic rings. The Morgan fingerprint density at radius 2 is 1.90 bits per heavy atom. The molecule has 0 bridgehead atoms. The van der Waals surface area contributed by atoms with Crippen LogP contribution in [0.3, 0.4) is 0 Å². The maximum atomic E-state index is 13.0. The van der Waals surface area contributed by atoms with Gasteiger partial charge in [0.2, 0.25) is 12.7 Å². The lowest BCUT2D eigenvalue weighted by Gasteiger charge is -2.14. The predicted molar refractivity (Wildman–Crippen MR) is 119 cm³/mol.